The lowest BCUT2D eigenvalue weighted by atomic mass is 10.00. The normalized spacial score (nSPS) is 20.3. The number of ether oxygens (including phenoxy) is 1. The summed E-state index contributed by atoms with van der Waals surface area (Å²) >= 11 is 0. The fourth-order valence-electron chi connectivity index (χ4n) is 2.70. The Labute approximate surface area is 124 Å². The molecule has 1 unspecified atom stereocenters. The summed E-state index contributed by atoms with van der Waals surface area (Å²) in [6.45, 7) is 4.56. The lowest BCUT2D eigenvalue weighted by molar-refractivity contribution is 0.0833. The summed E-state index contributed by atoms with van der Waals surface area (Å²) in [7, 11) is 0. The third-order valence-corrected chi connectivity index (χ3v) is 3.77. The smallest absolute Gasteiger partial charge is 0.231 e. The van der Waals surface area contributed by atoms with Crippen LogP contribution in [-0.2, 0) is 4.74 Å². The summed E-state index contributed by atoms with van der Waals surface area (Å²) < 4.78 is 11.3. The van der Waals surface area contributed by atoms with E-state index in [1.54, 1.807) is 0 Å². The molecule has 2 heterocycles. The first-order valence-corrected chi connectivity index (χ1v) is 7.59. The number of benzene rings is 1. The first-order valence-electron chi connectivity index (χ1n) is 7.59. The summed E-state index contributed by atoms with van der Waals surface area (Å²) in [4.78, 5) is 4.59. The lowest BCUT2D eigenvalue weighted by Crippen LogP contribution is -2.28. The molecule has 2 aromatic rings. The molecule has 1 saturated heterocycles. The number of aromatic nitrogens is 2. The minimum absolute atomic E-state index is 0.259. The van der Waals surface area contributed by atoms with Gasteiger partial charge in [0.15, 0.2) is 0 Å². The van der Waals surface area contributed by atoms with Crippen molar-refractivity contribution in [1.29, 1.82) is 0 Å². The van der Waals surface area contributed by atoms with Crippen molar-refractivity contribution in [1.82, 2.24) is 15.5 Å². The van der Waals surface area contributed by atoms with Gasteiger partial charge in [-0.15, -0.1) is 0 Å². The van der Waals surface area contributed by atoms with E-state index in [-0.39, 0.29) is 6.10 Å². The Morgan fingerprint density at radius 3 is 2.95 bits per heavy atom. The van der Waals surface area contributed by atoms with Crippen LogP contribution in [0.3, 0.4) is 0 Å². The van der Waals surface area contributed by atoms with Gasteiger partial charge in [-0.25, -0.2) is 0 Å². The maximum absolute atomic E-state index is 5.81. The van der Waals surface area contributed by atoms with Crippen LogP contribution in [-0.4, -0.2) is 29.8 Å². The van der Waals surface area contributed by atoms with Gasteiger partial charge in [-0.3, -0.25) is 0 Å². The van der Waals surface area contributed by atoms with Gasteiger partial charge in [0.05, 0.1) is 5.92 Å². The monoisotopic (exact) mass is 287 g/mol. The van der Waals surface area contributed by atoms with Crippen molar-refractivity contribution in [2.24, 2.45) is 0 Å². The number of hydrogen-bond acceptors (Lipinski definition) is 5. The van der Waals surface area contributed by atoms with Crippen LogP contribution in [0.1, 0.15) is 49.1 Å². The van der Waals surface area contributed by atoms with E-state index in [4.69, 9.17) is 9.26 Å². The quantitative estimate of drug-likeness (QED) is 0.916. The number of hydrogen-bond donors (Lipinski definition) is 1. The van der Waals surface area contributed by atoms with Crippen molar-refractivity contribution in [3.05, 3.63) is 47.6 Å². The van der Waals surface area contributed by atoms with Crippen LogP contribution in [0.5, 0.6) is 0 Å². The van der Waals surface area contributed by atoms with Crippen LogP contribution >= 0.6 is 0 Å². The number of nitrogens with one attached hydrogen (secondary N) is 1. The molecule has 0 amide bonds. The molecule has 1 aromatic carbocycles. The molecule has 1 aliphatic heterocycles. The van der Waals surface area contributed by atoms with Gasteiger partial charge in [-0.05, 0) is 31.9 Å². The Bertz CT molecular complexity index is 550. The Hall–Kier alpha value is -1.72. The van der Waals surface area contributed by atoms with E-state index < -0.39 is 0 Å². The molecule has 0 aliphatic carbocycles. The molecule has 1 aliphatic rings. The molecule has 1 aromatic heterocycles. The van der Waals surface area contributed by atoms with E-state index in [1.807, 2.05) is 37.3 Å². The van der Waals surface area contributed by atoms with E-state index in [2.05, 4.69) is 15.5 Å². The van der Waals surface area contributed by atoms with E-state index in [1.165, 1.54) is 0 Å². The zero-order chi connectivity index (χ0) is 14.5. The van der Waals surface area contributed by atoms with Crippen LogP contribution < -0.4 is 5.32 Å². The molecule has 3 rings (SSSR count). The van der Waals surface area contributed by atoms with Crippen molar-refractivity contribution in [2.75, 3.05) is 19.7 Å². The molecule has 2 atom stereocenters. The van der Waals surface area contributed by atoms with Crippen molar-refractivity contribution in [3.63, 3.8) is 0 Å². The first-order chi connectivity index (χ1) is 10.4. The maximum atomic E-state index is 5.81. The highest BCUT2D eigenvalue weighted by atomic mass is 16.5. The second-order valence-electron chi connectivity index (χ2n) is 5.28. The van der Waals surface area contributed by atoms with E-state index in [9.17, 15) is 0 Å². The second kappa shape index (κ2) is 6.83. The van der Waals surface area contributed by atoms with Gasteiger partial charge < -0.3 is 14.6 Å². The highest BCUT2D eigenvalue weighted by Crippen LogP contribution is 2.27. The van der Waals surface area contributed by atoms with Gasteiger partial charge in [0.2, 0.25) is 11.7 Å². The molecule has 0 spiro atoms. The average molecular weight is 287 g/mol. The molecular weight excluding hydrogens is 266 g/mol. The van der Waals surface area contributed by atoms with Crippen LogP contribution in [0, 0.1) is 0 Å². The standard InChI is InChI=1S/C16H21N3O2/c1-2-20-14(12-7-4-3-5-8-12)15-18-16(21-19-15)13-9-6-10-17-11-13/h3-5,7-8,13-14,17H,2,6,9-11H2,1H3/t13-,14?/m1/s1. The molecule has 0 radical (unpaired) electrons. The Kier molecular flexibility index (Phi) is 4.62. The minimum atomic E-state index is -0.259. The molecule has 0 saturated carbocycles. The Balaban J connectivity index is 1.81. The van der Waals surface area contributed by atoms with Crippen LogP contribution in [0.2, 0.25) is 0 Å². The lowest BCUT2D eigenvalue weighted by Gasteiger charge is -2.19. The highest BCUT2D eigenvalue weighted by molar-refractivity contribution is 5.22. The second-order valence-corrected chi connectivity index (χ2v) is 5.28. The van der Waals surface area contributed by atoms with Crippen LogP contribution in [0.4, 0.5) is 0 Å². The zero-order valence-corrected chi connectivity index (χ0v) is 12.3. The van der Waals surface area contributed by atoms with Gasteiger partial charge >= 0.3 is 0 Å². The van der Waals surface area contributed by atoms with Gasteiger partial charge in [0.1, 0.15) is 6.10 Å². The van der Waals surface area contributed by atoms with Crippen molar-refractivity contribution in [3.8, 4) is 0 Å². The Morgan fingerprint density at radius 2 is 2.24 bits per heavy atom. The average Bonchev–Trinajstić information content (AvgIpc) is 3.04. The largest absolute Gasteiger partial charge is 0.366 e. The van der Waals surface area contributed by atoms with Gasteiger partial charge in [-0.1, -0.05) is 35.5 Å². The summed E-state index contributed by atoms with van der Waals surface area (Å²) in [6.07, 6.45) is 1.99. The van der Waals surface area contributed by atoms with Crippen molar-refractivity contribution < 1.29 is 9.26 Å². The number of nitrogens with zero attached hydrogens (tertiary/aromatic N) is 2. The minimum Gasteiger partial charge on any atom is -0.366 e. The fraction of sp³-hybridized carbons (Fsp3) is 0.500. The summed E-state index contributed by atoms with van der Waals surface area (Å²) in [5.41, 5.74) is 1.05. The van der Waals surface area contributed by atoms with E-state index in [0.29, 0.717) is 18.3 Å². The first kappa shape index (κ1) is 14.2. The fourth-order valence-corrected chi connectivity index (χ4v) is 2.70. The molecule has 112 valence electrons. The third kappa shape index (κ3) is 3.31. The molecule has 21 heavy (non-hydrogen) atoms. The molecule has 1 fully saturated rings. The van der Waals surface area contributed by atoms with E-state index in [0.717, 1.165) is 37.4 Å². The number of piperidine rings is 1. The molecule has 5 heteroatoms. The molecular formula is C16H21N3O2. The Morgan fingerprint density at radius 1 is 1.38 bits per heavy atom. The van der Waals surface area contributed by atoms with Gasteiger partial charge in [0, 0.05) is 13.2 Å². The van der Waals surface area contributed by atoms with Crippen LogP contribution in [0.15, 0.2) is 34.9 Å². The van der Waals surface area contributed by atoms with Gasteiger partial charge in [0.25, 0.3) is 0 Å². The number of rotatable bonds is 5. The highest BCUT2D eigenvalue weighted by Gasteiger charge is 2.25. The summed E-state index contributed by atoms with van der Waals surface area (Å²) in [5.74, 6) is 1.65. The van der Waals surface area contributed by atoms with E-state index >= 15 is 0 Å². The van der Waals surface area contributed by atoms with Gasteiger partial charge in [-0.2, -0.15) is 4.98 Å². The predicted octanol–water partition coefficient (Wildman–Crippen LogP) is 2.66. The van der Waals surface area contributed by atoms with Crippen molar-refractivity contribution >= 4 is 0 Å². The molecule has 5 nitrogen and oxygen atoms in total. The summed E-state index contributed by atoms with van der Waals surface area (Å²) in [6, 6.07) is 10.0. The summed E-state index contributed by atoms with van der Waals surface area (Å²) in [5, 5.41) is 7.52. The molecule has 0 bridgehead atoms. The van der Waals surface area contributed by atoms with Crippen molar-refractivity contribution in [2.45, 2.75) is 31.8 Å². The topological polar surface area (TPSA) is 60.2 Å². The maximum Gasteiger partial charge on any atom is 0.231 e. The molecule has 1 N–H and O–H groups in total. The zero-order valence-electron chi connectivity index (χ0n) is 12.3. The SMILES string of the molecule is CCOC(c1ccccc1)c1noc([C@@H]2CCCNC2)n1. The predicted molar refractivity (Wildman–Crippen MR) is 79.1 cm³/mol. The van der Waals surface area contributed by atoms with Crippen LogP contribution in [0.25, 0.3) is 0 Å². The third-order valence-electron chi connectivity index (χ3n) is 3.77.